The van der Waals surface area contributed by atoms with Crippen LogP contribution in [0.1, 0.15) is 16.8 Å². The lowest BCUT2D eigenvalue weighted by atomic mass is 10.2. The second-order valence-electron chi connectivity index (χ2n) is 6.09. The summed E-state index contributed by atoms with van der Waals surface area (Å²) in [6.45, 7) is 6.00. The molecule has 0 radical (unpaired) electrons. The van der Waals surface area contributed by atoms with E-state index < -0.39 is 0 Å². The first-order chi connectivity index (χ1) is 10.8. The van der Waals surface area contributed by atoms with E-state index in [1.54, 1.807) is 6.20 Å². The zero-order chi connectivity index (χ0) is 14.9. The number of amides is 1. The molecule has 6 nitrogen and oxygen atoms in total. The lowest BCUT2D eigenvalue weighted by Gasteiger charge is -2.32. The van der Waals surface area contributed by atoms with Crippen LogP contribution >= 0.6 is 0 Å². The first-order valence-corrected chi connectivity index (χ1v) is 7.98. The van der Waals surface area contributed by atoms with Crippen molar-refractivity contribution in [2.75, 3.05) is 39.3 Å². The van der Waals surface area contributed by atoms with Crippen molar-refractivity contribution in [3.05, 3.63) is 36.3 Å². The van der Waals surface area contributed by atoms with Gasteiger partial charge in [-0.15, -0.1) is 0 Å². The van der Waals surface area contributed by atoms with Gasteiger partial charge in [0.1, 0.15) is 5.65 Å². The van der Waals surface area contributed by atoms with Crippen molar-refractivity contribution in [1.82, 2.24) is 24.5 Å². The number of hydrogen-bond acceptors (Lipinski definition) is 4. The van der Waals surface area contributed by atoms with Gasteiger partial charge in [0.25, 0.3) is 5.91 Å². The number of piperazine rings is 1. The first kappa shape index (κ1) is 13.7. The van der Waals surface area contributed by atoms with Crippen LogP contribution < -0.4 is 5.32 Å². The minimum absolute atomic E-state index is 0.133. The molecule has 2 saturated heterocycles. The topological polar surface area (TPSA) is 52.9 Å². The molecular formula is C16H21N5O. The first-order valence-electron chi connectivity index (χ1n) is 7.98. The van der Waals surface area contributed by atoms with Crippen molar-refractivity contribution >= 4 is 11.6 Å². The Morgan fingerprint density at radius 1 is 1.23 bits per heavy atom. The summed E-state index contributed by atoms with van der Waals surface area (Å²) in [7, 11) is 0. The van der Waals surface area contributed by atoms with E-state index in [4.69, 9.17) is 0 Å². The standard InChI is InChI=1S/C16H21N5O/c22-16(13-1-2-15-18-6-10-20(15)11-13)21-7-3-14(12-21)19-8-4-17-5-9-19/h1-2,6,10-11,14,17H,3-5,7-9,12H2. The maximum absolute atomic E-state index is 12.7. The minimum Gasteiger partial charge on any atom is -0.337 e. The maximum Gasteiger partial charge on any atom is 0.255 e. The predicted molar refractivity (Wildman–Crippen MR) is 83.9 cm³/mol. The zero-order valence-corrected chi connectivity index (χ0v) is 12.6. The van der Waals surface area contributed by atoms with Gasteiger partial charge in [0.2, 0.25) is 0 Å². The van der Waals surface area contributed by atoms with Gasteiger partial charge in [0.05, 0.1) is 5.56 Å². The fourth-order valence-electron chi connectivity index (χ4n) is 3.50. The molecule has 116 valence electrons. The number of imidazole rings is 1. The Hall–Kier alpha value is -1.92. The molecule has 2 aromatic rings. The third-order valence-electron chi connectivity index (χ3n) is 4.75. The Bertz CT molecular complexity index is 676. The van der Waals surface area contributed by atoms with Gasteiger partial charge < -0.3 is 14.6 Å². The van der Waals surface area contributed by atoms with E-state index in [1.165, 1.54) is 0 Å². The number of rotatable bonds is 2. The van der Waals surface area contributed by atoms with Crippen LogP contribution in [0.2, 0.25) is 0 Å². The van der Waals surface area contributed by atoms with Crippen LogP contribution in [0, 0.1) is 0 Å². The van der Waals surface area contributed by atoms with Gasteiger partial charge in [-0.05, 0) is 18.6 Å². The Morgan fingerprint density at radius 3 is 2.95 bits per heavy atom. The van der Waals surface area contributed by atoms with Gasteiger partial charge in [-0.1, -0.05) is 0 Å². The van der Waals surface area contributed by atoms with Gasteiger partial charge in [-0.2, -0.15) is 0 Å². The zero-order valence-electron chi connectivity index (χ0n) is 12.6. The average Bonchev–Trinajstić information content (AvgIpc) is 3.23. The summed E-state index contributed by atoms with van der Waals surface area (Å²) in [4.78, 5) is 21.4. The third kappa shape index (κ3) is 2.48. The minimum atomic E-state index is 0.133. The average molecular weight is 299 g/mol. The van der Waals surface area contributed by atoms with E-state index in [1.807, 2.05) is 33.8 Å². The summed E-state index contributed by atoms with van der Waals surface area (Å²) in [5.74, 6) is 0.133. The quantitative estimate of drug-likeness (QED) is 0.875. The summed E-state index contributed by atoms with van der Waals surface area (Å²) in [6, 6.07) is 4.29. The van der Waals surface area contributed by atoms with Crippen LogP contribution in [-0.2, 0) is 0 Å². The number of carbonyl (C=O) groups excluding carboxylic acids is 1. The highest BCUT2D eigenvalue weighted by atomic mass is 16.2. The molecule has 2 aliphatic rings. The normalized spacial score (nSPS) is 23.3. The lowest BCUT2D eigenvalue weighted by molar-refractivity contribution is 0.0773. The summed E-state index contributed by atoms with van der Waals surface area (Å²) in [5, 5.41) is 3.38. The van der Waals surface area contributed by atoms with Gasteiger partial charge >= 0.3 is 0 Å². The van der Waals surface area contributed by atoms with Crippen molar-refractivity contribution in [2.45, 2.75) is 12.5 Å². The van der Waals surface area contributed by atoms with E-state index in [2.05, 4.69) is 15.2 Å². The number of nitrogens with zero attached hydrogens (tertiary/aromatic N) is 4. The molecular weight excluding hydrogens is 278 g/mol. The van der Waals surface area contributed by atoms with Crippen LogP contribution in [0.4, 0.5) is 0 Å². The van der Waals surface area contributed by atoms with Crippen molar-refractivity contribution in [1.29, 1.82) is 0 Å². The molecule has 2 aromatic heterocycles. The van der Waals surface area contributed by atoms with Crippen LogP contribution in [0.15, 0.2) is 30.7 Å². The maximum atomic E-state index is 12.7. The van der Waals surface area contributed by atoms with Crippen LogP contribution in [-0.4, -0.2) is 70.4 Å². The van der Waals surface area contributed by atoms with E-state index >= 15 is 0 Å². The summed E-state index contributed by atoms with van der Waals surface area (Å²) < 4.78 is 1.90. The third-order valence-corrected chi connectivity index (χ3v) is 4.75. The number of hydrogen-bond donors (Lipinski definition) is 1. The monoisotopic (exact) mass is 299 g/mol. The molecule has 2 aliphatic heterocycles. The number of aromatic nitrogens is 2. The molecule has 1 atom stereocenters. The molecule has 1 N–H and O–H groups in total. The second-order valence-corrected chi connectivity index (χ2v) is 6.09. The fourth-order valence-corrected chi connectivity index (χ4v) is 3.50. The summed E-state index contributed by atoms with van der Waals surface area (Å²) in [6.07, 6.45) is 6.58. The highest BCUT2D eigenvalue weighted by Gasteiger charge is 2.31. The van der Waals surface area contributed by atoms with Crippen molar-refractivity contribution < 1.29 is 4.79 Å². The second kappa shape index (κ2) is 5.70. The Kier molecular flexibility index (Phi) is 3.56. The number of pyridine rings is 1. The van der Waals surface area contributed by atoms with E-state index in [9.17, 15) is 4.79 Å². The number of carbonyl (C=O) groups is 1. The van der Waals surface area contributed by atoms with Gasteiger partial charge in [0, 0.05) is 63.9 Å². The molecule has 1 unspecified atom stereocenters. The molecule has 0 bridgehead atoms. The van der Waals surface area contributed by atoms with Crippen molar-refractivity contribution in [3.8, 4) is 0 Å². The van der Waals surface area contributed by atoms with Gasteiger partial charge in [-0.25, -0.2) is 4.98 Å². The molecule has 0 spiro atoms. The number of nitrogens with one attached hydrogen (secondary N) is 1. The molecule has 6 heteroatoms. The van der Waals surface area contributed by atoms with Gasteiger partial charge in [-0.3, -0.25) is 9.69 Å². The smallest absolute Gasteiger partial charge is 0.255 e. The lowest BCUT2D eigenvalue weighted by Crippen LogP contribution is -2.49. The molecule has 4 heterocycles. The highest BCUT2D eigenvalue weighted by molar-refractivity contribution is 5.94. The van der Waals surface area contributed by atoms with Crippen LogP contribution in [0.5, 0.6) is 0 Å². The SMILES string of the molecule is O=C(c1ccc2nccn2c1)N1CCC(N2CCNCC2)C1. The van der Waals surface area contributed by atoms with Crippen molar-refractivity contribution in [3.63, 3.8) is 0 Å². The molecule has 1 amide bonds. The molecule has 0 aromatic carbocycles. The van der Waals surface area contributed by atoms with Crippen LogP contribution in [0.3, 0.4) is 0 Å². The molecule has 0 aliphatic carbocycles. The molecule has 2 fully saturated rings. The van der Waals surface area contributed by atoms with Crippen LogP contribution in [0.25, 0.3) is 5.65 Å². The summed E-state index contributed by atoms with van der Waals surface area (Å²) in [5.41, 5.74) is 1.61. The molecule has 0 saturated carbocycles. The van der Waals surface area contributed by atoms with Gasteiger partial charge in [0.15, 0.2) is 0 Å². The number of fused-ring (bicyclic) bond motifs is 1. The Labute approximate surface area is 129 Å². The molecule has 22 heavy (non-hydrogen) atoms. The largest absolute Gasteiger partial charge is 0.337 e. The predicted octanol–water partition coefficient (Wildman–Crippen LogP) is 0.454. The van der Waals surface area contributed by atoms with E-state index in [0.29, 0.717) is 6.04 Å². The highest BCUT2D eigenvalue weighted by Crippen LogP contribution is 2.19. The Balaban J connectivity index is 1.46. The number of likely N-dealkylation sites (tertiary alicyclic amines) is 1. The van der Waals surface area contributed by atoms with Crippen molar-refractivity contribution in [2.24, 2.45) is 0 Å². The summed E-state index contributed by atoms with van der Waals surface area (Å²) >= 11 is 0. The van der Waals surface area contributed by atoms with E-state index in [-0.39, 0.29) is 5.91 Å². The fraction of sp³-hybridized carbons (Fsp3) is 0.500. The Morgan fingerprint density at radius 2 is 2.09 bits per heavy atom. The van der Waals surface area contributed by atoms with E-state index in [0.717, 1.165) is 56.9 Å². The molecule has 4 rings (SSSR count).